The monoisotopic (exact) mass is 280 g/mol. The number of pyridine rings is 2. The molecule has 3 aromatic heterocycles. The molecule has 4 rings (SSSR count). The van der Waals surface area contributed by atoms with Gasteiger partial charge in [-0.2, -0.15) is 0 Å². The number of nitrogens with zero attached hydrogens (tertiary/aromatic N) is 5. The van der Waals surface area contributed by atoms with E-state index < -0.39 is 0 Å². The summed E-state index contributed by atoms with van der Waals surface area (Å²) in [6.45, 7) is 4.10. The van der Waals surface area contributed by atoms with Crippen LogP contribution in [0.2, 0.25) is 0 Å². The van der Waals surface area contributed by atoms with Crippen molar-refractivity contribution in [2.45, 2.75) is 0 Å². The lowest BCUT2D eigenvalue weighted by Crippen LogP contribution is -2.43. The third-order valence-electron chi connectivity index (χ3n) is 3.77. The lowest BCUT2D eigenvalue weighted by molar-refractivity contribution is 0.589. The summed E-state index contributed by atoms with van der Waals surface area (Å²) >= 11 is 0. The van der Waals surface area contributed by atoms with Crippen LogP contribution < -0.4 is 10.2 Å². The second kappa shape index (κ2) is 5.14. The predicted octanol–water partition coefficient (Wildman–Crippen LogP) is 1.20. The van der Waals surface area contributed by atoms with Crippen molar-refractivity contribution in [3.63, 3.8) is 0 Å². The summed E-state index contributed by atoms with van der Waals surface area (Å²) < 4.78 is 1.98. The molecule has 0 bridgehead atoms. The van der Waals surface area contributed by atoms with Gasteiger partial charge in [0.25, 0.3) is 0 Å². The molecular weight excluding hydrogens is 264 g/mol. The fourth-order valence-corrected chi connectivity index (χ4v) is 2.67. The highest BCUT2D eigenvalue weighted by Gasteiger charge is 2.13. The van der Waals surface area contributed by atoms with Crippen LogP contribution in [0.25, 0.3) is 17.2 Å². The maximum absolute atomic E-state index is 4.34. The van der Waals surface area contributed by atoms with Crippen LogP contribution >= 0.6 is 0 Å². The van der Waals surface area contributed by atoms with Gasteiger partial charge in [0.2, 0.25) is 0 Å². The van der Waals surface area contributed by atoms with Crippen LogP contribution in [0.4, 0.5) is 5.69 Å². The van der Waals surface area contributed by atoms with Gasteiger partial charge in [-0.3, -0.25) is 9.38 Å². The first-order valence-corrected chi connectivity index (χ1v) is 7.14. The maximum Gasteiger partial charge on any atom is 0.186 e. The van der Waals surface area contributed by atoms with Gasteiger partial charge in [0.05, 0.1) is 0 Å². The first-order valence-electron chi connectivity index (χ1n) is 7.14. The zero-order valence-corrected chi connectivity index (χ0v) is 11.6. The lowest BCUT2D eigenvalue weighted by Gasteiger charge is -2.29. The van der Waals surface area contributed by atoms with Gasteiger partial charge in [-0.05, 0) is 18.2 Å². The van der Waals surface area contributed by atoms with Crippen LogP contribution in [-0.4, -0.2) is 45.8 Å². The SMILES string of the molecule is c1ccc(-c2nnc3cc(N4CCNCC4)ccn23)nc1. The van der Waals surface area contributed by atoms with E-state index >= 15 is 0 Å². The zero-order chi connectivity index (χ0) is 14.1. The number of rotatable bonds is 2. The number of aromatic nitrogens is 4. The minimum Gasteiger partial charge on any atom is -0.369 e. The minimum atomic E-state index is 0.775. The van der Waals surface area contributed by atoms with Crippen molar-refractivity contribution in [3.8, 4) is 11.5 Å². The molecule has 1 N–H and O–H groups in total. The number of piperazine rings is 1. The van der Waals surface area contributed by atoms with E-state index in [1.54, 1.807) is 6.20 Å². The van der Waals surface area contributed by atoms with E-state index in [1.807, 2.05) is 28.8 Å². The van der Waals surface area contributed by atoms with E-state index in [4.69, 9.17) is 0 Å². The van der Waals surface area contributed by atoms with Crippen molar-refractivity contribution in [3.05, 3.63) is 42.7 Å². The smallest absolute Gasteiger partial charge is 0.186 e. The summed E-state index contributed by atoms with van der Waals surface area (Å²) in [5.74, 6) is 0.775. The molecule has 6 heteroatoms. The number of hydrogen-bond acceptors (Lipinski definition) is 5. The van der Waals surface area contributed by atoms with E-state index in [1.165, 1.54) is 5.69 Å². The fraction of sp³-hybridized carbons (Fsp3) is 0.267. The average molecular weight is 280 g/mol. The van der Waals surface area contributed by atoms with Crippen molar-refractivity contribution in [1.82, 2.24) is 24.9 Å². The maximum atomic E-state index is 4.34. The van der Waals surface area contributed by atoms with Gasteiger partial charge in [0.1, 0.15) is 5.69 Å². The molecule has 4 heterocycles. The van der Waals surface area contributed by atoms with Crippen molar-refractivity contribution in [2.75, 3.05) is 31.1 Å². The van der Waals surface area contributed by atoms with Crippen molar-refractivity contribution >= 4 is 11.3 Å². The molecule has 106 valence electrons. The Hall–Kier alpha value is -2.47. The molecule has 21 heavy (non-hydrogen) atoms. The third kappa shape index (κ3) is 2.23. The van der Waals surface area contributed by atoms with E-state index in [9.17, 15) is 0 Å². The molecule has 0 saturated carbocycles. The Morgan fingerprint density at radius 1 is 1.05 bits per heavy atom. The normalized spacial score (nSPS) is 15.5. The number of nitrogens with one attached hydrogen (secondary N) is 1. The van der Waals surface area contributed by atoms with Crippen molar-refractivity contribution in [1.29, 1.82) is 0 Å². The molecule has 0 aromatic carbocycles. The number of anilines is 1. The first-order chi connectivity index (χ1) is 10.4. The van der Waals surface area contributed by atoms with Crippen LogP contribution in [0, 0.1) is 0 Å². The second-order valence-electron chi connectivity index (χ2n) is 5.09. The molecule has 0 spiro atoms. The van der Waals surface area contributed by atoms with Gasteiger partial charge in [0.15, 0.2) is 11.5 Å². The van der Waals surface area contributed by atoms with Crippen molar-refractivity contribution in [2.24, 2.45) is 0 Å². The van der Waals surface area contributed by atoms with Gasteiger partial charge < -0.3 is 10.2 Å². The Morgan fingerprint density at radius 3 is 2.76 bits per heavy atom. The number of fused-ring (bicyclic) bond motifs is 1. The average Bonchev–Trinajstić information content (AvgIpc) is 2.99. The van der Waals surface area contributed by atoms with E-state index in [-0.39, 0.29) is 0 Å². The van der Waals surface area contributed by atoms with Gasteiger partial charge in [-0.15, -0.1) is 10.2 Å². The van der Waals surface area contributed by atoms with Crippen LogP contribution in [0.1, 0.15) is 0 Å². The molecule has 0 amide bonds. The molecule has 1 saturated heterocycles. The van der Waals surface area contributed by atoms with Crippen molar-refractivity contribution < 1.29 is 0 Å². The summed E-state index contributed by atoms with van der Waals surface area (Å²) in [6.07, 6.45) is 3.79. The Bertz CT molecular complexity index is 745. The first kappa shape index (κ1) is 12.3. The van der Waals surface area contributed by atoms with Gasteiger partial charge in [-0.25, -0.2) is 0 Å². The quantitative estimate of drug-likeness (QED) is 0.764. The molecule has 6 nitrogen and oxygen atoms in total. The highest BCUT2D eigenvalue weighted by atomic mass is 15.3. The zero-order valence-electron chi connectivity index (χ0n) is 11.6. The molecular formula is C15H16N6. The predicted molar refractivity (Wildman–Crippen MR) is 81.3 cm³/mol. The molecule has 3 aromatic rings. The molecule has 0 atom stereocenters. The summed E-state index contributed by atoms with van der Waals surface area (Å²) in [6, 6.07) is 10.0. The molecule has 1 aliphatic heterocycles. The van der Waals surface area contributed by atoms with Crippen LogP contribution in [0.5, 0.6) is 0 Å². The molecule has 0 aliphatic carbocycles. The molecule has 1 aliphatic rings. The largest absolute Gasteiger partial charge is 0.369 e. The fourth-order valence-electron chi connectivity index (χ4n) is 2.67. The van der Waals surface area contributed by atoms with Gasteiger partial charge in [-0.1, -0.05) is 6.07 Å². The van der Waals surface area contributed by atoms with Gasteiger partial charge >= 0.3 is 0 Å². The van der Waals surface area contributed by atoms with E-state index in [2.05, 4.69) is 37.5 Å². The topological polar surface area (TPSA) is 58.4 Å². The molecule has 0 radical (unpaired) electrons. The minimum absolute atomic E-state index is 0.775. The lowest BCUT2D eigenvalue weighted by atomic mass is 10.3. The Balaban J connectivity index is 1.74. The number of hydrogen-bond donors (Lipinski definition) is 1. The van der Waals surface area contributed by atoms with E-state index in [0.717, 1.165) is 43.3 Å². The van der Waals surface area contributed by atoms with Crippen LogP contribution in [0.15, 0.2) is 42.7 Å². The Labute approximate surface area is 122 Å². The van der Waals surface area contributed by atoms with Gasteiger partial charge in [0, 0.05) is 50.3 Å². The molecule has 0 unspecified atom stereocenters. The summed E-state index contributed by atoms with van der Waals surface area (Å²) in [5, 5.41) is 11.9. The summed E-state index contributed by atoms with van der Waals surface area (Å²) in [4.78, 5) is 6.71. The van der Waals surface area contributed by atoms with E-state index in [0.29, 0.717) is 0 Å². The molecule has 1 fully saturated rings. The summed E-state index contributed by atoms with van der Waals surface area (Å²) in [7, 11) is 0. The van der Waals surface area contributed by atoms with Crippen LogP contribution in [-0.2, 0) is 0 Å². The van der Waals surface area contributed by atoms with Crippen LogP contribution in [0.3, 0.4) is 0 Å². The standard InChI is InChI=1S/C15H16N6/c1-2-5-17-13(3-1)15-19-18-14-11-12(4-8-21(14)15)20-9-6-16-7-10-20/h1-5,8,11,16H,6-7,9-10H2. The Morgan fingerprint density at radius 2 is 1.95 bits per heavy atom. The third-order valence-corrected chi connectivity index (χ3v) is 3.77. The highest BCUT2D eigenvalue weighted by molar-refractivity contribution is 5.61. The highest BCUT2D eigenvalue weighted by Crippen LogP contribution is 2.20. The second-order valence-corrected chi connectivity index (χ2v) is 5.09. The summed E-state index contributed by atoms with van der Waals surface area (Å²) in [5.41, 5.74) is 2.88. The Kier molecular flexibility index (Phi) is 3.01.